The fourth-order valence-electron chi connectivity index (χ4n) is 4.25. The van der Waals surface area contributed by atoms with Gasteiger partial charge in [0.05, 0.1) is 40.6 Å². The number of urea groups is 1. The van der Waals surface area contributed by atoms with Gasteiger partial charge in [-0.05, 0) is 42.7 Å². The zero-order chi connectivity index (χ0) is 30.9. The molecule has 44 heavy (non-hydrogen) atoms. The molecule has 1 aliphatic rings. The number of thiophene rings is 1. The van der Waals surface area contributed by atoms with Crippen molar-refractivity contribution in [2.45, 2.75) is 25.4 Å². The van der Waals surface area contributed by atoms with Crippen LogP contribution in [0.3, 0.4) is 0 Å². The summed E-state index contributed by atoms with van der Waals surface area (Å²) in [6.07, 6.45) is 5.26. The Balaban J connectivity index is 1.25. The normalized spacial score (nSPS) is 12.7. The molecule has 0 bridgehead atoms. The van der Waals surface area contributed by atoms with E-state index in [9.17, 15) is 14.0 Å². The second-order valence-corrected chi connectivity index (χ2v) is 11.2. The van der Waals surface area contributed by atoms with Crippen molar-refractivity contribution < 1.29 is 32.9 Å². The first-order valence-corrected chi connectivity index (χ1v) is 15.0. The maximum atomic E-state index is 14.9. The molecule has 1 fully saturated rings. The maximum Gasteiger partial charge on any atom is 0.319 e. The molecule has 3 heterocycles. The van der Waals surface area contributed by atoms with Crippen molar-refractivity contribution in [1.29, 1.82) is 0 Å². The second-order valence-electron chi connectivity index (χ2n) is 10.2. The standard InChI is InChI=1S/C31H34FN5O6S/c1-40-12-11-37(29(38)19-42-14-13-41-2)18-20-3-7-24(34-17-20)28-16-25-30(44-28)27(9-10-33-25)43-26-8-6-22(15-23(26)32)36-31(39)35-21-4-5-21/h3,6-10,15-17,21H,4-5,11-14,18-19H2,1-2H3,(H2,35,36,39). The highest BCUT2D eigenvalue weighted by molar-refractivity contribution is 7.22. The number of nitrogens with zero attached hydrogens (tertiary/aromatic N) is 3. The summed E-state index contributed by atoms with van der Waals surface area (Å²) in [5.41, 5.74) is 2.61. The average molecular weight is 624 g/mol. The summed E-state index contributed by atoms with van der Waals surface area (Å²) in [6, 6.07) is 11.5. The highest BCUT2D eigenvalue weighted by Crippen LogP contribution is 2.39. The lowest BCUT2D eigenvalue weighted by molar-refractivity contribution is -0.137. The molecule has 232 valence electrons. The van der Waals surface area contributed by atoms with E-state index >= 15 is 0 Å². The number of rotatable bonds is 15. The van der Waals surface area contributed by atoms with Crippen LogP contribution in [0.15, 0.2) is 54.9 Å². The van der Waals surface area contributed by atoms with Gasteiger partial charge in [-0.2, -0.15) is 0 Å². The van der Waals surface area contributed by atoms with E-state index in [-0.39, 0.29) is 30.3 Å². The lowest BCUT2D eigenvalue weighted by Gasteiger charge is -2.22. The minimum Gasteiger partial charge on any atom is -0.453 e. The molecule has 0 aliphatic heterocycles. The molecule has 2 N–H and O–H groups in total. The third-order valence-electron chi connectivity index (χ3n) is 6.72. The Morgan fingerprint density at radius 2 is 1.86 bits per heavy atom. The molecule has 3 aromatic heterocycles. The van der Waals surface area contributed by atoms with E-state index in [0.29, 0.717) is 49.9 Å². The van der Waals surface area contributed by atoms with Gasteiger partial charge in [-0.3, -0.25) is 14.8 Å². The maximum absolute atomic E-state index is 14.9. The zero-order valence-electron chi connectivity index (χ0n) is 24.5. The molecule has 1 saturated carbocycles. The van der Waals surface area contributed by atoms with E-state index in [4.69, 9.17) is 18.9 Å². The SMILES string of the molecule is COCCOCC(=O)N(CCOC)Cc1ccc(-c2cc3nccc(Oc4ccc(NC(=O)NC5CC5)cc4F)c3s2)nc1. The largest absolute Gasteiger partial charge is 0.453 e. The number of anilines is 1. The summed E-state index contributed by atoms with van der Waals surface area (Å²) < 4.78 is 37.1. The Morgan fingerprint density at radius 3 is 2.59 bits per heavy atom. The van der Waals surface area contributed by atoms with E-state index in [2.05, 4.69) is 20.6 Å². The van der Waals surface area contributed by atoms with Crippen LogP contribution in [0.1, 0.15) is 18.4 Å². The molecule has 3 amide bonds. The lowest BCUT2D eigenvalue weighted by atomic mass is 10.2. The number of methoxy groups -OCH3 is 2. The van der Waals surface area contributed by atoms with Crippen LogP contribution in [0.5, 0.6) is 11.5 Å². The van der Waals surface area contributed by atoms with Gasteiger partial charge in [0.2, 0.25) is 5.91 Å². The summed E-state index contributed by atoms with van der Waals surface area (Å²) in [5.74, 6) is -0.270. The Morgan fingerprint density at radius 1 is 1.02 bits per heavy atom. The number of benzene rings is 1. The third kappa shape index (κ3) is 8.47. The second kappa shape index (κ2) is 15.0. The van der Waals surface area contributed by atoms with Crippen molar-refractivity contribution in [3.8, 4) is 22.1 Å². The van der Waals surface area contributed by atoms with Crippen molar-refractivity contribution >= 4 is 39.2 Å². The number of hydrogen-bond acceptors (Lipinski definition) is 9. The monoisotopic (exact) mass is 623 g/mol. The predicted octanol–water partition coefficient (Wildman–Crippen LogP) is 5.21. The number of aromatic nitrogens is 2. The van der Waals surface area contributed by atoms with E-state index in [0.717, 1.165) is 33.7 Å². The van der Waals surface area contributed by atoms with E-state index in [1.165, 1.54) is 23.5 Å². The molecule has 5 rings (SSSR count). The van der Waals surface area contributed by atoms with Gasteiger partial charge < -0.3 is 34.5 Å². The van der Waals surface area contributed by atoms with Gasteiger partial charge in [0.1, 0.15) is 12.4 Å². The number of halogens is 1. The quantitative estimate of drug-likeness (QED) is 0.173. The van der Waals surface area contributed by atoms with Crippen molar-refractivity contribution in [1.82, 2.24) is 20.2 Å². The van der Waals surface area contributed by atoms with Gasteiger partial charge in [-0.15, -0.1) is 11.3 Å². The highest BCUT2D eigenvalue weighted by atomic mass is 32.1. The smallest absolute Gasteiger partial charge is 0.319 e. The summed E-state index contributed by atoms with van der Waals surface area (Å²) in [4.78, 5) is 36.3. The van der Waals surface area contributed by atoms with Gasteiger partial charge >= 0.3 is 6.03 Å². The Kier molecular flexibility index (Phi) is 10.7. The molecule has 13 heteroatoms. The number of nitrogens with one attached hydrogen (secondary N) is 2. The van der Waals surface area contributed by atoms with Crippen LogP contribution in [0, 0.1) is 5.82 Å². The van der Waals surface area contributed by atoms with E-state index in [1.54, 1.807) is 43.6 Å². The number of hydrogen-bond donors (Lipinski definition) is 2. The zero-order valence-corrected chi connectivity index (χ0v) is 25.3. The van der Waals surface area contributed by atoms with Crippen LogP contribution in [0.4, 0.5) is 14.9 Å². The van der Waals surface area contributed by atoms with Gasteiger partial charge in [0, 0.05) is 63.6 Å². The molecule has 4 aromatic rings. The van der Waals surface area contributed by atoms with Crippen LogP contribution < -0.4 is 15.4 Å². The molecule has 0 saturated heterocycles. The molecule has 0 spiro atoms. The number of pyridine rings is 2. The van der Waals surface area contributed by atoms with Gasteiger partial charge in [0.25, 0.3) is 0 Å². The van der Waals surface area contributed by atoms with Gasteiger partial charge in [-0.25, -0.2) is 9.18 Å². The number of carbonyl (C=O) groups is 2. The summed E-state index contributed by atoms with van der Waals surface area (Å²) in [5, 5.41) is 5.44. The fourth-order valence-corrected chi connectivity index (χ4v) is 5.29. The molecular formula is C31H34FN5O6S. The van der Waals surface area contributed by atoms with Crippen LogP contribution in [-0.4, -0.2) is 80.0 Å². The van der Waals surface area contributed by atoms with E-state index < -0.39 is 5.82 Å². The fraction of sp³-hybridized carbons (Fsp3) is 0.355. The molecule has 1 aliphatic carbocycles. The summed E-state index contributed by atoms with van der Waals surface area (Å²) in [7, 11) is 3.17. The minimum atomic E-state index is -0.604. The molecule has 1 aromatic carbocycles. The van der Waals surface area contributed by atoms with Crippen molar-refractivity contribution in [2.24, 2.45) is 0 Å². The molecular weight excluding hydrogens is 589 g/mol. The summed E-state index contributed by atoms with van der Waals surface area (Å²) in [6.45, 7) is 1.90. The number of carbonyl (C=O) groups excluding carboxylic acids is 2. The number of amides is 3. The van der Waals surface area contributed by atoms with Crippen molar-refractivity contribution in [3.05, 3.63) is 66.2 Å². The number of ether oxygens (including phenoxy) is 4. The average Bonchev–Trinajstić information content (AvgIpc) is 3.72. The van der Waals surface area contributed by atoms with Crippen LogP contribution in [0.2, 0.25) is 0 Å². The summed E-state index contributed by atoms with van der Waals surface area (Å²) >= 11 is 1.43. The first-order chi connectivity index (χ1) is 21.4. The topological polar surface area (TPSA) is 124 Å². The Labute approximate surface area is 258 Å². The van der Waals surface area contributed by atoms with Gasteiger partial charge in [-0.1, -0.05) is 6.07 Å². The molecule has 0 unspecified atom stereocenters. The third-order valence-corrected chi connectivity index (χ3v) is 7.89. The van der Waals surface area contributed by atoms with Crippen LogP contribution in [-0.2, 0) is 25.5 Å². The van der Waals surface area contributed by atoms with Crippen molar-refractivity contribution in [2.75, 3.05) is 52.5 Å². The van der Waals surface area contributed by atoms with Crippen LogP contribution >= 0.6 is 11.3 Å². The highest BCUT2D eigenvalue weighted by Gasteiger charge is 2.23. The van der Waals surface area contributed by atoms with Gasteiger partial charge in [0.15, 0.2) is 11.6 Å². The molecule has 0 atom stereocenters. The predicted molar refractivity (Wildman–Crippen MR) is 164 cm³/mol. The first-order valence-electron chi connectivity index (χ1n) is 14.2. The first kappa shape index (κ1) is 31.3. The molecule has 0 radical (unpaired) electrons. The van der Waals surface area contributed by atoms with E-state index in [1.807, 2.05) is 18.2 Å². The van der Waals surface area contributed by atoms with Crippen LogP contribution in [0.25, 0.3) is 20.8 Å². The lowest BCUT2D eigenvalue weighted by Crippen LogP contribution is -2.36. The minimum absolute atomic E-state index is 0.0275. The molecule has 11 nitrogen and oxygen atoms in total. The number of fused-ring (bicyclic) bond motifs is 1. The Bertz CT molecular complexity index is 1580. The van der Waals surface area contributed by atoms with Crippen molar-refractivity contribution in [3.63, 3.8) is 0 Å². The Hall–Kier alpha value is -4.17.